The van der Waals surface area contributed by atoms with Crippen LogP contribution in [-0.2, 0) is 9.53 Å². The Bertz CT molecular complexity index is 1050. The van der Waals surface area contributed by atoms with E-state index in [2.05, 4.69) is 10.3 Å². The van der Waals surface area contributed by atoms with Gasteiger partial charge in [-0.3, -0.25) is 4.79 Å². The lowest BCUT2D eigenvalue weighted by atomic mass is 10.1. The monoisotopic (exact) mass is 410 g/mol. The van der Waals surface area contributed by atoms with E-state index in [9.17, 15) is 9.59 Å². The van der Waals surface area contributed by atoms with Crippen LogP contribution in [0.1, 0.15) is 22.8 Å². The van der Waals surface area contributed by atoms with Crippen LogP contribution in [0.4, 0.5) is 5.69 Å². The van der Waals surface area contributed by atoms with Gasteiger partial charge < -0.3 is 14.8 Å². The molecule has 0 bridgehead atoms. The lowest BCUT2D eigenvalue weighted by Gasteiger charge is -2.10. The van der Waals surface area contributed by atoms with Crippen LogP contribution in [0.3, 0.4) is 0 Å². The SMILES string of the molecule is CCOC(=O)c1cccc(NC(=O)CSc2cc(C)c3cccc(OC)c3n2)c1. The summed E-state index contributed by atoms with van der Waals surface area (Å²) in [6.45, 7) is 4.06. The molecule has 0 radical (unpaired) electrons. The van der Waals surface area contributed by atoms with Crippen molar-refractivity contribution >= 4 is 40.2 Å². The summed E-state index contributed by atoms with van der Waals surface area (Å²) in [5.74, 6) is 0.295. The van der Waals surface area contributed by atoms with Gasteiger partial charge in [-0.1, -0.05) is 30.0 Å². The second-order valence-corrected chi connectivity index (χ2v) is 7.27. The minimum absolute atomic E-state index is 0.185. The van der Waals surface area contributed by atoms with Crippen LogP contribution in [-0.4, -0.2) is 36.3 Å². The lowest BCUT2D eigenvalue weighted by Crippen LogP contribution is -2.15. The van der Waals surface area contributed by atoms with Crippen molar-refractivity contribution in [2.45, 2.75) is 18.9 Å². The van der Waals surface area contributed by atoms with E-state index < -0.39 is 5.97 Å². The van der Waals surface area contributed by atoms with Gasteiger partial charge in [0.2, 0.25) is 5.91 Å². The smallest absolute Gasteiger partial charge is 0.338 e. The van der Waals surface area contributed by atoms with Crippen molar-refractivity contribution in [3.05, 3.63) is 59.7 Å². The molecule has 0 saturated heterocycles. The number of fused-ring (bicyclic) bond motifs is 1. The van der Waals surface area contributed by atoms with Gasteiger partial charge in [-0.25, -0.2) is 9.78 Å². The zero-order valence-electron chi connectivity index (χ0n) is 16.5. The van der Waals surface area contributed by atoms with Gasteiger partial charge in [0.05, 0.1) is 30.1 Å². The highest BCUT2D eigenvalue weighted by Gasteiger charge is 2.11. The average Bonchev–Trinajstić information content (AvgIpc) is 2.72. The van der Waals surface area contributed by atoms with E-state index in [1.807, 2.05) is 31.2 Å². The highest BCUT2D eigenvalue weighted by Crippen LogP contribution is 2.29. The first kappa shape index (κ1) is 20.7. The van der Waals surface area contributed by atoms with E-state index in [0.717, 1.165) is 21.5 Å². The molecule has 3 aromatic rings. The Hall–Kier alpha value is -3.06. The van der Waals surface area contributed by atoms with Gasteiger partial charge in [0, 0.05) is 11.1 Å². The third kappa shape index (κ3) is 5.06. The number of hydrogen-bond donors (Lipinski definition) is 1. The van der Waals surface area contributed by atoms with Crippen LogP contribution in [0.5, 0.6) is 5.75 Å². The number of hydrogen-bond acceptors (Lipinski definition) is 6. The number of benzene rings is 2. The number of methoxy groups -OCH3 is 1. The normalized spacial score (nSPS) is 10.6. The number of amides is 1. The molecule has 29 heavy (non-hydrogen) atoms. The third-order valence-corrected chi connectivity index (χ3v) is 5.13. The number of aryl methyl sites for hydroxylation is 1. The quantitative estimate of drug-likeness (QED) is 0.458. The molecule has 7 heteroatoms. The maximum atomic E-state index is 12.4. The average molecular weight is 410 g/mol. The van der Waals surface area contributed by atoms with Gasteiger partial charge in [-0.05, 0) is 49.7 Å². The lowest BCUT2D eigenvalue weighted by molar-refractivity contribution is -0.113. The largest absolute Gasteiger partial charge is 0.494 e. The predicted molar refractivity (Wildman–Crippen MR) is 115 cm³/mol. The summed E-state index contributed by atoms with van der Waals surface area (Å²) in [5.41, 5.74) is 2.79. The Balaban J connectivity index is 1.68. The Morgan fingerprint density at radius 3 is 2.69 bits per heavy atom. The van der Waals surface area contributed by atoms with Gasteiger partial charge in [-0.15, -0.1) is 0 Å². The first-order valence-corrected chi connectivity index (χ1v) is 10.1. The van der Waals surface area contributed by atoms with Crippen molar-refractivity contribution in [3.8, 4) is 5.75 Å². The van der Waals surface area contributed by atoms with Gasteiger partial charge >= 0.3 is 5.97 Å². The van der Waals surface area contributed by atoms with Crippen molar-refractivity contribution in [2.24, 2.45) is 0 Å². The van der Waals surface area contributed by atoms with E-state index >= 15 is 0 Å². The Labute approximate surface area is 173 Å². The summed E-state index contributed by atoms with van der Waals surface area (Å²) in [6, 6.07) is 14.4. The Kier molecular flexibility index (Phi) is 6.72. The summed E-state index contributed by atoms with van der Waals surface area (Å²) in [7, 11) is 1.61. The van der Waals surface area contributed by atoms with Gasteiger partial charge in [-0.2, -0.15) is 0 Å². The third-order valence-electron chi connectivity index (χ3n) is 4.21. The van der Waals surface area contributed by atoms with Gasteiger partial charge in [0.15, 0.2) is 0 Å². The van der Waals surface area contributed by atoms with Crippen molar-refractivity contribution in [1.29, 1.82) is 0 Å². The number of esters is 1. The molecule has 0 atom stereocenters. The Morgan fingerprint density at radius 1 is 1.14 bits per heavy atom. The number of nitrogens with one attached hydrogen (secondary N) is 1. The maximum Gasteiger partial charge on any atom is 0.338 e. The van der Waals surface area contributed by atoms with E-state index in [1.54, 1.807) is 38.3 Å². The molecule has 0 aliphatic carbocycles. The molecule has 1 amide bonds. The number of thioether (sulfide) groups is 1. The second-order valence-electron chi connectivity index (χ2n) is 6.27. The standard InChI is InChI=1S/C22H22N2O4S/c1-4-28-22(26)15-7-5-8-16(12-15)23-19(25)13-29-20-11-14(2)17-9-6-10-18(27-3)21(17)24-20/h5-12H,4,13H2,1-3H3,(H,23,25). The minimum Gasteiger partial charge on any atom is -0.494 e. The Morgan fingerprint density at radius 2 is 1.93 bits per heavy atom. The zero-order valence-corrected chi connectivity index (χ0v) is 17.3. The number of anilines is 1. The van der Waals surface area contributed by atoms with E-state index in [-0.39, 0.29) is 11.7 Å². The summed E-state index contributed by atoms with van der Waals surface area (Å²) in [6.07, 6.45) is 0. The molecule has 0 spiro atoms. The number of pyridine rings is 1. The fourth-order valence-corrected chi connectivity index (χ4v) is 3.64. The summed E-state index contributed by atoms with van der Waals surface area (Å²) in [4.78, 5) is 28.8. The molecule has 1 N–H and O–H groups in total. The highest BCUT2D eigenvalue weighted by molar-refractivity contribution is 7.99. The van der Waals surface area contributed by atoms with Crippen LogP contribution in [0.15, 0.2) is 53.6 Å². The number of rotatable bonds is 7. The highest BCUT2D eigenvalue weighted by atomic mass is 32.2. The van der Waals surface area contributed by atoms with Crippen LogP contribution in [0.25, 0.3) is 10.9 Å². The van der Waals surface area contributed by atoms with Crippen molar-refractivity contribution in [3.63, 3.8) is 0 Å². The molecule has 6 nitrogen and oxygen atoms in total. The van der Waals surface area contributed by atoms with Crippen molar-refractivity contribution in [1.82, 2.24) is 4.98 Å². The number of ether oxygens (including phenoxy) is 2. The molecular weight excluding hydrogens is 388 g/mol. The van der Waals surface area contributed by atoms with Crippen LogP contribution in [0, 0.1) is 6.92 Å². The van der Waals surface area contributed by atoms with E-state index in [0.29, 0.717) is 23.6 Å². The van der Waals surface area contributed by atoms with Gasteiger partial charge in [0.25, 0.3) is 0 Å². The van der Waals surface area contributed by atoms with Crippen LogP contribution < -0.4 is 10.1 Å². The summed E-state index contributed by atoms with van der Waals surface area (Å²) >= 11 is 1.34. The molecule has 150 valence electrons. The molecule has 1 aromatic heterocycles. The van der Waals surface area contributed by atoms with E-state index in [1.165, 1.54) is 11.8 Å². The van der Waals surface area contributed by atoms with Crippen LogP contribution >= 0.6 is 11.8 Å². The summed E-state index contributed by atoms with van der Waals surface area (Å²) < 4.78 is 10.4. The molecule has 1 heterocycles. The molecule has 0 fully saturated rings. The number of nitrogens with zero attached hydrogens (tertiary/aromatic N) is 1. The fraction of sp³-hybridized carbons (Fsp3) is 0.227. The summed E-state index contributed by atoms with van der Waals surface area (Å²) in [5, 5.41) is 4.57. The molecule has 0 saturated carbocycles. The number of carbonyl (C=O) groups is 2. The number of para-hydroxylation sites is 1. The predicted octanol–water partition coefficient (Wildman–Crippen LogP) is 4.46. The topological polar surface area (TPSA) is 77.5 Å². The first-order valence-electron chi connectivity index (χ1n) is 9.16. The zero-order chi connectivity index (χ0) is 20.8. The number of aromatic nitrogens is 1. The van der Waals surface area contributed by atoms with Crippen molar-refractivity contribution in [2.75, 3.05) is 24.8 Å². The number of carbonyl (C=O) groups excluding carboxylic acids is 2. The first-order chi connectivity index (χ1) is 14.0. The minimum atomic E-state index is -0.414. The molecule has 0 unspecified atom stereocenters. The molecule has 2 aromatic carbocycles. The van der Waals surface area contributed by atoms with Crippen LogP contribution in [0.2, 0.25) is 0 Å². The molecule has 0 aliphatic rings. The molecular formula is C22H22N2O4S. The molecule has 3 rings (SSSR count). The fourth-order valence-electron chi connectivity index (χ4n) is 2.87. The maximum absolute atomic E-state index is 12.4. The van der Waals surface area contributed by atoms with E-state index in [4.69, 9.17) is 9.47 Å². The molecule has 0 aliphatic heterocycles. The van der Waals surface area contributed by atoms with Crippen molar-refractivity contribution < 1.29 is 19.1 Å². The van der Waals surface area contributed by atoms with Gasteiger partial charge in [0.1, 0.15) is 11.3 Å². The second kappa shape index (κ2) is 9.43.